The van der Waals surface area contributed by atoms with Crippen molar-refractivity contribution < 1.29 is 9.90 Å². The molecule has 2 N–H and O–H groups in total. The minimum Gasteiger partial charge on any atom is -0.508 e. The molecule has 0 bridgehead atoms. The van der Waals surface area contributed by atoms with Gasteiger partial charge in [-0.05, 0) is 30.2 Å². The molecule has 0 aliphatic rings. The second-order valence-electron chi connectivity index (χ2n) is 3.02. The molecule has 0 aliphatic heterocycles. The molecule has 0 spiro atoms. The molecule has 76 valence electrons. The van der Waals surface area contributed by atoms with Gasteiger partial charge in [0.25, 0.3) is 0 Å². The van der Waals surface area contributed by atoms with Gasteiger partial charge in [0.05, 0.1) is 0 Å². The molecule has 1 rings (SSSR count). The maximum Gasteiger partial charge on any atom is 0.235 e. The third kappa shape index (κ3) is 2.92. The van der Waals surface area contributed by atoms with Crippen molar-refractivity contribution in [2.75, 3.05) is 5.88 Å². The molecule has 4 heteroatoms. The lowest BCUT2D eigenvalue weighted by Gasteiger charge is -2.06. The van der Waals surface area contributed by atoms with E-state index in [1.807, 2.05) is 6.92 Å². The third-order valence-corrected chi connectivity index (χ3v) is 2.17. The summed E-state index contributed by atoms with van der Waals surface area (Å²) in [5.74, 6) is 0.00554. The van der Waals surface area contributed by atoms with Crippen LogP contribution in [0.1, 0.15) is 11.1 Å². The van der Waals surface area contributed by atoms with E-state index >= 15 is 0 Å². The van der Waals surface area contributed by atoms with Crippen molar-refractivity contribution in [1.82, 2.24) is 5.32 Å². The molecule has 14 heavy (non-hydrogen) atoms. The summed E-state index contributed by atoms with van der Waals surface area (Å²) in [5, 5.41) is 11.8. The van der Waals surface area contributed by atoms with Gasteiger partial charge < -0.3 is 10.4 Å². The van der Waals surface area contributed by atoms with Crippen LogP contribution in [0.15, 0.2) is 18.2 Å². The zero-order valence-electron chi connectivity index (χ0n) is 7.88. The number of hydrogen-bond donors (Lipinski definition) is 2. The Balaban J connectivity index is 2.63. The number of aryl methyl sites for hydroxylation is 1. The molecule has 0 saturated heterocycles. The summed E-state index contributed by atoms with van der Waals surface area (Å²) < 4.78 is 0. The normalized spacial score (nSPS) is 9.86. The van der Waals surface area contributed by atoms with E-state index in [4.69, 9.17) is 16.7 Å². The fraction of sp³-hybridized carbons (Fsp3) is 0.300. The molecule has 0 radical (unpaired) electrons. The quantitative estimate of drug-likeness (QED) is 0.749. The lowest BCUT2D eigenvalue weighted by molar-refractivity contribution is -0.118. The Morgan fingerprint density at radius 2 is 2.29 bits per heavy atom. The summed E-state index contributed by atoms with van der Waals surface area (Å²) in [4.78, 5) is 10.9. The number of rotatable bonds is 3. The van der Waals surface area contributed by atoms with Gasteiger partial charge in [-0.15, -0.1) is 11.6 Å². The van der Waals surface area contributed by atoms with Crippen LogP contribution in [-0.2, 0) is 11.3 Å². The highest BCUT2D eigenvalue weighted by Crippen LogP contribution is 2.15. The molecule has 0 heterocycles. The molecule has 0 unspecified atom stereocenters. The van der Waals surface area contributed by atoms with Crippen molar-refractivity contribution in [3.63, 3.8) is 0 Å². The van der Waals surface area contributed by atoms with E-state index in [9.17, 15) is 4.79 Å². The van der Waals surface area contributed by atoms with Gasteiger partial charge in [0.2, 0.25) is 5.91 Å². The molecule has 1 amide bonds. The van der Waals surface area contributed by atoms with Crippen LogP contribution in [0.25, 0.3) is 0 Å². The monoisotopic (exact) mass is 213 g/mol. The first kappa shape index (κ1) is 10.9. The van der Waals surface area contributed by atoms with Crippen molar-refractivity contribution in [3.05, 3.63) is 29.3 Å². The van der Waals surface area contributed by atoms with Gasteiger partial charge >= 0.3 is 0 Å². The molecular weight excluding hydrogens is 202 g/mol. The van der Waals surface area contributed by atoms with Gasteiger partial charge in [-0.2, -0.15) is 0 Å². The minimum atomic E-state index is -0.195. The van der Waals surface area contributed by atoms with Crippen LogP contribution in [-0.4, -0.2) is 16.9 Å². The van der Waals surface area contributed by atoms with Crippen LogP contribution in [0.3, 0.4) is 0 Å². The summed E-state index contributed by atoms with van der Waals surface area (Å²) in [6.07, 6.45) is 0. The Bertz CT molecular complexity index is 339. The number of phenols is 1. The average Bonchev–Trinajstić information content (AvgIpc) is 2.16. The Hall–Kier alpha value is -1.22. The summed E-state index contributed by atoms with van der Waals surface area (Å²) >= 11 is 5.33. The van der Waals surface area contributed by atoms with Crippen LogP contribution in [0, 0.1) is 6.92 Å². The summed E-state index contributed by atoms with van der Waals surface area (Å²) in [7, 11) is 0. The van der Waals surface area contributed by atoms with E-state index in [2.05, 4.69) is 5.32 Å². The summed E-state index contributed by atoms with van der Waals surface area (Å²) in [6, 6.07) is 5.02. The highest BCUT2D eigenvalue weighted by Gasteiger charge is 2.01. The van der Waals surface area contributed by atoms with Crippen LogP contribution in [0.4, 0.5) is 0 Å². The van der Waals surface area contributed by atoms with Crippen LogP contribution < -0.4 is 5.32 Å². The Morgan fingerprint density at radius 3 is 2.86 bits per heavy atom. The van der Waals surface area contributed by atoms with Crippen LogP contribution in [0.5, 0.6) is 5.75 Å². The standard InChI is InChI=1S/C10H12ClNO2/c1-7-4-9(13)3-2-8(7)6-12-10(14)5-11/h2-4,13H,5-6H2,1H3,(H,12,14). The first-order valence-corrected chi connectivity index (χ1v) is 4.78. The minimum absolute atomic E-state index is 0.0306. The fourth-order valence-electron chi connectivity index (χ4n) is 1.12. The summed E-state index contributed by atoms with van der Waals surface area (Å²) in [6.45, 7) is 2.32. The molecule has 0 aromatic heterocycles. The second kappa shape index (κ2) is 4.86. The largest absolute Gasteiger partial charge is 0.508 e. The number of phenolic OH excluding ortho intramolecular Hbond substituents is 1. The number of carbonyl (C=O) groups excluding carboxylic acids is 1. The second-order valence-corrected chi connectivity index (χ2v) is 3.29. The van der Waals surface area contributed by atoms with E-state index in [-0.39, 0.29) is 17.5 Å². The molecule has 0 fully saturated rings. The highest BCUT2D eigenvalue weighted by atomic mass is 35.5. The van der Waals surface area contributed by atoms with Crippen molar-refractivity contribution in [2.24, 2.45) is 0 Å². The summed E-state index contributed by atoms with van der Waals surface area (Å²) in [5.41, 5.74) is 1.92. The predicted octanol–water partition coefficient (Wildman–Crippen LogP) is 1.56. The number of halogens is 1. The fourth-order valence-corrected chi connectivity index (χ4v) is 1.21. The number of amides is 1. The molecule has 0 atom stereocenters. The molecule has 3 nitrogen and oxygen atoms in total. The molecule has 1 aromatic rings. The van der Waals surface area contributed by atoms with E-state index in [1.165, 1.54) is 0 Å². The number of hydrogen-bond acceptors (Lipinski definition) is 2. The molecule has 0 saturated carbocycles. The maximum atomic E-state index is 10.9. The van der Waals surface area contributed by atoms with E-state index in [1.54, 1.807) is 18.2 Å². The molecular formula is C10H12ClNO2. The van der Waals surface area contributed by atoms with Gasteiger partial charge in [0.15, 0.2) is 0 Å². The highest BCUT2D eigenvalue weighted by molar-refractivity contribution is 6.27. The van der Waals surface area contributed by atoms with E-state index in [0.717, 1.165) is 11.1 Å². The van der Waals surface area contributed by atoms with Crippen LogP contribution in [0.2, 0.25) is 0 Å². The van der Waals surface area contributed by atoms with E-state index in [0.29, 0.717) is 6.54 Å². The lowest BCUT2D eigenvalue weighted by Crippen LogP contribution is -2.23. The SMILES string of the molecule is Cc1cc(O)ccc1CNC(=O)CCl. The topological polar surface area (TPSA) is 49.3 Å². The van der Waals surface area contributed by atoms with Gasteiger partial charge in [-0.3, -0.25) is 4.79 Å². The Labute approximate surface area is 87.7 Å². The third-order valence-electron chi connectivity index (χ3n) is 1.92. The van der Waals surface area contributed by atoms with E-state index < -0.39 is 0 Å². The van der Waals surface area contributed by atoms with Gasteiger partial charge in [0, 0.05) is 6.54 Å². The van der Waals surface area contributed by atoms with Crippen molar-refractivity contribution in [2.45, 2.75) is 13.5 Å². The van der Waals surface area contributed by atoms with Gasteiger partial charge in [0.1, 0.15) is 11.6 Å². The maximum absolute atomic E-state index is 10.9. The number of aromatic hydroxyl groups is 1. The van der Waals surface area contributed by atoms with Gasteiger partial charge in [-0.25, -0.2) is 0 Å². The average molecular weight is 214 g/mol. The Morgan fingerprint density at radius 1 is 1.57 bits per heavy atom. The first-order chi connectivity index (χ1) is 6.63. The predicted molar refractivity (Wildman–Crippen MR) is 55.4 cm³/mol. The van der Waals surface area contributed by atoms with Gasteiger partial charge in [-0.1, -0.05) is 6.07 Å². The number of nitrogens with one attached hydrogen (secondary N) is 1. The number of alkyl halides is 1. The zero-order chi connectivity index (χ0) is 10.6. The van der Waals surface area contributed by atoms with Crippen molar-refractivity contribution in [1.29, 1.82) is 0 Å². The van der Waals surface area contributed by atoms with Crippen molar-refractivity contribution in [3.8, 4) is 5.75 Å². The van der Waals surface area contributed by atoms with Crippen molar-refractivity contribution >= 4 is 17.5 Å². The van der Waals surface area contributed by atoms with Crippen LogP contribution >= 0.6 is 11.6 Å². The molecule has 0 aliphatic carbocycles. The first-order valence-electron chi connectivity index (χ1n) is 4.24. The molecule has 1 aromatic carbocycles. The lowest BCUT2D eigenvalue weighted by atomic mass is 10.1. The number of carbonyl (C=O) groups is 1. The number of benzene rings is 1. The Kier molecular flexibility index (Phi) is 3.77. The zero-order valence-corrected chi connectivity index (χ0v) is 8.64. The smallest absolute Gasteiger partial charge is 0.235 e.